The van der Waals surface area contributed by atoms with Gasteiger partial charge in [-0.05, 0) is 71.1 Å². The molecule has 0 saturated heterocycles. The van der Waals surface area contributed by atoms with Crippen LogP contribution in [0, 0.1) is 0 Å². The van der Waals surface area contributed by atoms with E-state index >= 15 is 0 Å². The Morgan fingerprint density at radius 2 is 1.19 bits per heavy atom. The van der Waals surface area contributed by atoms with Gasteiger partial charge < -0.3 is 34.0 Å². The number of nitrogens with zero attached hydrogens (tertiary/aromatic N) is 1. The van der Waals surface area contributed by atoms with Crippen LogP contribution in [0.2, 0.25) is 0 Å². The summed E-state index contributed by atoms with van der Waals surface area (Å²) in [7, 11) is 1.20. The second kappa shape index (κ2) is 35.6. The Morgan fingerprint density at radius 1 is 0.704 bits per heavy atom. The first kappa shape index (κ1) is 52.2. The van der Waals surface area contributed by atoms with Crippen LogP contribution >= 0.6 is 7.82 Å². The van der Waals surface area contributed by atoms with Gasteiger partial charge in [-0.3, -0.25) is 9.36 Å². The molecule has 0 radical (unpaired) electrons. The van der Waals surface area contributed by atoms with Crippen LogP contribution in [-0.4, -0.2) is 79.8 Å². The number of hydrogen-bond acceptors (Lipinski definition) is 7. The van der Waals surface area contributed by atoms with Crippen LogP contribution < -0.4 is 10.2 Å². The zero-order chi connectivity index (χ0) is 40.2. The summed E-state index contributed by atoms with van der Waals surface area (Å²) in [4.78, 5) is 25.2. The smallest absolute Gasteiger partial charge is 0.268 e. The van der Waals surface area contributed by atoms with Crippen LogP contribution in [0.4, 0.5) is 0 Å². The Bertz CT molecular complexity index is 1080. The Balaban J connectivity index is 4.58. The van der Waals surface area contributed by atoms with Crippen molar-refractivity contribution in [1.82, 2.24) is 5.32 Å². The second-order valence-electron chi connectivity index (χ2n) is 15.6. The van der Waals surface area contributed by atoms with Gasteiger partial charge in [-0.2, -0.15) is 0 Å². The van der Waals surface area contributed by atoms with Crippen LogP contribution in [-0.2, 0) is 18.4 Å². The molecule has 0 saturated carbocycles. The number of aliphatic hydroxyl groups is 2. The molecular formula is C44H81N2O7P. The van der Waals surface area contributed by atoms with E-state index in [4.69, 9.17) is 9.05 Å². The van der Waals surface area contributed by atoms with Gasteiger partial charge in [0.15, 0.2) is 0 Å². The first-order valence-electron chi connectivity index (χ1n) is 21.2. The molecule has 0 aliphatic rings. The zero-order valence-corrected chi connectivity index (χ0v) is 35.9. The number of rotatable bonds is 37. The summed E-state index contributed by atoms with van der Waals surface area (Å²) in [5.74, 6) is -0.265. The molecule has 0 aromatic rings. The Hall–Kier alpha value is -1.84. The number of allylic oxidation sites excluding steroid dienone is 9. The zero-order valence-electron chi connectivity index (χ0n) is 35.0. The van der Waals surface area contributed by atoms with Crippen molar-refractivity contribution < 1.29 is 38.0 Å². The van der Waals surface area contributed by atoms with Gasteiger partial charge in [-0.1, -0.05) is 138 Å². The fourth-order valence-corrected chi connectivity index (χ4v) is 6.30. The number of nitrogens with one attached hydrogen (secondary N) is 1. The van der Waals surface area contributed by atoms with Crippen molar-refractivity contribution in [2.75, 3.05) is 40.9 Å². The minimum absolute atomic E-state index is 0.0195. The van der Waals surface area contributed by atoms with Gasteiger partial charge >= 0.3 is 0 Å². The molecule has 0 rings (SSSR count). The van der Waals surface area contributed by atoms with Crippen LogP contribution in [0.15, 0.2) is 60.8 Å². The molecular weight excluding hydrogens is 699 g/mol. The number of likely N-dealkylation sites (N-methyl/N-ethyl adjacent to an activating group) is 1. The summed E-state index contributed by atoms with van der Waals surface area (Å²) in [6.07, 6.45) is 42.5. The standard InChI is InChI=1S/C44H81N2O7P/c1-6-7-8-9-10-11-12-13-18-21-24-27-30-33-36-43(48)42(40-53-54(50,51)52-39-38-46(3,4)5)45-44(49)37-34-31-28-25-22-19-16-14-15-17-20-23-26-29-32-35-41(2)47/h15-17,19,23,25-26,28,33,36,41-43,47-48H,6-14,18,20-22,24,27,29-32,34-35,37-40H2,1-5H3,(H-,45,49,50,51)/b17-15-,19-16-,26-23-,28-25-,36-33+/t41-,42-,43+/m0/s1. The van der Waals surface area contributed by atoms with Gasteiger partial charge in [-0.15, -0.1) is 0 Å². The molecule has 9 nitrogen and oxygen atoms in total. The first-order chi connectivity index (χ1) is 25.9. The quantitative estimate of drug-likeness (QED) is 0.0248. The maximum absolute atomic E-state index is 12.8. The average Bonchev–Trinajstić information content (AvgIpc) is 3.10. The van der Waals surface area contributed by atoms with E-state index in [1.165, 1.54) is 64.2 Å². The molecule has 3 N–H and O–H groups in total. The maximum atomic E-state index is 12.8. The lowest BCUT2D eigenvalue weighted by atomic mass is 10.0. The van der Waals surface area contributed by atoms with Crippen LogP contribution in [0.25, 0.3) is 0 Å². The summed E-state index contributed by atoms with van der Waals surface area (Å²) < 4.78 is 23.1. The Morgan fingerprint density at radius 3 is 1.70 bits per heavy atom. The van der Waals surface area contributed by atoms with Crippen LogP contribution in [0.3, 0.4) is 0 Å². The number of quaternary nitrogens is 1. The lowest BCUT2D eigenvalue weighted by Crippen LogP contribution is -2.45. The molecule has 0 bridgehead atoms. The molecule has 0 heterocycles. The maximum Gasteiger partial charge on any atom is 0.268 e. The minimum atomic E-state index is -4.61. The number of aliphatic hydroxyl groups excluding tert-OH is 2. The normalized spacial score (nSPS) is 15.6. The highest BCUT2D eigenvalue weighted by atomic mass is 31.2. The highest BCUT2D eigenvalue weighted by molar-refractivity contribution is 7.45. The molecule has 0 aliphatic heterocycles. The molecule has 4 atom stereocenters. The average molecular weight is 781 g/mol. The molecule has 1 amide bonds. The van der Waals surface area contributed by atoms with Crippen LogP contribution in [0.1, 0.15) is 155 Å². The van der Waals surface area contributed by atoms with Crippen molar-refractivity contribution in [2.45, 2.75) is 173 Å². The third-order valence-corrected chi connectivity index (χ3v) is 9.95. The SMILES string of the molecule is CCCCCCCCCCCCCC/C=C/[C@@H](O)[C@H](COP(=O)([O-])OCC[N+](C)(C)C)NC(=O)CCC/C=C\C/C=C\C/C=C\C/C=C\CCC[C@H](C)O. The molecule has 1 unspecified atom stereocenters. The molecule has 0 spiro atoms. The Labute approximate surface area is 331 Å². The van der Waals surface area contributed by atoms with Crippen LogP contribution in [0.5, 0.6) is 0 Å². The van der Waals surface area contributed by atoms with Gasteiger partial charge in [0.1, 0.15) is 13.2 Å². The van der Waals surface area contributed by atoms with E-state index in [1.54, 1.807) is 6.08 Å². The van der Waals surface area contributed by atoms with E-state index in [0.717, 1.165) is 64.2 Å². The fraction of sp³-hybridized carbons (Fsp3) is 0.750. The predicted molar refractivity (Wildman–Crippen MR) is 225 cm³/mol. The van der Waals surface area contributed by atoms with E-state index in [9.17, 15) is 24.5 Å². The van der Waals surface area contributed by atoms with Gasteiger partial charge in [0, 0.05) is 6.42 Å². The lowest BCUT2D eigenvalue weighted by molar-refractivity contribution is -0.870. The summed E-state index contributed by atoms with van der Waals surface area (Å²) in [5.41, 5.74) is 0. The predicted octanol–water partition coefficient (Wildman–Crippen LogP) is 9.80. The summed E-state index contributed by atoms with van der Waals surface area (Å²) in [5, 5.41) is 23.0. The number of unbranched alkanes of at least 4 members (excludes halogenated alkanes) is 14. The number of carbonyl (C=O) groups is 1. The molecule has 10 heteroatoms. The van der Waals surface area contributed by atoms with Crippen molar-refractivity contribution >= 4 is 13.7 Å². The van der Waals surface area contributed by atoms with Crippen molar-refractivity contribution in [3.8, 4) is 0 Å². The van der Waals surface area contributed by atoms with Crippen molar-refractivity contribution in [3.63, 3.8) is 0 Å². The van der Waals surface area contributed by atoms with Gasteiger partial charge in [0.2, 0.25) is 5.91 Å². The van der Waals surface area contributed by atoms with Gasteiger partial charge in [0.05, 0.1) is 46.0 Å². The van der Waals surface area contributed by atoms with E-state index in [-0.39, 0.29) is 25.0 Å². The lowest BCUT2D eigenvalue weighted by Gasteiger charge is -2.29. The highest BCUT2D eigenvalue weighted by Crippen LogP contribution is 2.38. The number of phosphoric ester groups is 1. The molecule has 54 heavy (non-hydrogen) atoms. The fourth-order valence-electron chi connectivity index (χ4n) is 5.57. The summed E-state index contributed by atoms with van der Waals surface area (Å²) in [6.45, 7) is 4.12. The van der Waals surface area contributed by atoms with E-state index < -0.39 is 26.6 Å². The van der Waals surface area contributed by atoms with E-state index in [0.29, 0.717) is 17.4 Å². The topological polar surface area (TPSA) is 128 Å². The molecule has 0 aliphatic carbocycles. The van der Waals surface area contributed by atoms with Gasteiger partial charge in [-0.25, -0.2) is 0 Å². The molecule has 0 aromatic carbocycles. The molecule has 314 valence electrons. The largest absolute Gasteiger partial charge is 0.756 e. The van der Waals surface area contributed by atoms with E-state index in [1.807, 2.05) is 34.1 Å². The minimum Gasteiger partial charge on any atom is -0.756 e. The molecule has 0 fully saturated rings. The second-order valence-corrected chi connectivity index (χ2v) is 17.0. The van der Waals surface area contributed by atoms with Crippen molar-refractivity contribution in [2.24, 2.45) is 0 Å². The van der Waals surface area contributed by atoms with Gasteiger partial charge in [0.25, 0.3) is 7.82 Å². The summed E-state index contributed by atoms with van der Waals surface area (Å²) >= 11 is 0. The number of amides is 1. The number of phosphoric acid groups is 1. The van der Waals surface area contributed by atoms with E-state index in [2.05, 4.69) is 60.8 Å². The number of hydrogen-bond donors (Lipinski definition) is 3. The van der Waals surface area contributed by atoms with Crippen molar-refractivity contribution in [1.29, 1.82) is 0 Å². The third-order valence-electron chi connectivity index (χ3n) is 8.99. The number of carbonyl (C=O) groups excluding carboxylic acids is 1. The molecule has 0 aromatic heterocycles. The van der Waals surface area contributed by atoms with Crippen molar-refractivity contribution in [3.05, 3.63) is 60.8 Å². The highest BCUT2D eigenvalue weighted by Gasteiger charge is 2.23. The monoisotopic (exact) mass is 781 g/mol. The Kier molecular flexibility index (Phi) is 34.4. The summed E-state index contributed by atoms with van der Waals surface area (Å²) in [6, 6.07) is -0.925. The third kappa shape index (κ3) is 38.4. The first-order valence-corrected chi connectivity index (χ1v) is 22.6.